The van der Waals surface area contributed by atoms with E-state index in [1.165, 1.54) is 11.1 Å². The van der Waals surface area contributed by atoms with Gasteiger partial charge in [-0.15, -0.1) is 0 Å². The van der Waals surface area contributed by atoms with Crippen LogP contribution in [0.4, 0.5) is 11.6 Å². The molecule has 1 fully saturated rings. The standard InChI is InChI=1S/C27H28N8O/c1-27(2,3)23-12-21(11-19(13-28)31-23)34-24-22(25(36)35(34)20-6-7-20)15-30-26(33-24)32-18-5-4-17-14-29-9-8-16(17)10-18/h4-5,10-12,15,20,29H,6-9,14H2,1-3H3,(H,30,32,33). The van der Waals surface area contributed by atoms with Crippen LogP contribution in [-0.2, 0) is 18.4 Å². The third-order valence-corrected chi connectivity index (χ3v) is 6.80. The SMILES string of the molecule is CC(C)(C)c1cc(-n2c3nc(Nc4ccc5c(c4)CCNC5)ncc3c(=O)n2C2CC2)cc(C#N)n1. The lowest BCUT2D eigenvalue weighted by atomic mass is 9.91. The predicted molar refractivity (Wildman–Crippen MR) is 138 cm³/mol. The third-order valence-electron chi connectivity index (χ3n) is 6.80. The molecule has 2 aliphatic rings. The highest BCUT2D eigenvalue weighted by molar-refractivity contribution is 5.77. The normalized spacial score (nSPS) is 15.5. The number of fused-ring (bicyclic) bond motifs is 2. The van der Waals surface area contributed by atoms with Crippen molar-refractivity contribution in [2.45, 2.75) is 58.0 Å². The van der Waals surface area contributed by atoms with Crippen LogP contribution in [0.5, 0.6) is 0 Å². The number of benzene rings is 1. The van der Waals surface area contributed by atoms with Gasteiger partial charge in [0.05, 0.1) is 11.7 Å². The van der Waals surface area contributed by atoms with Crippen LogP contribution in [0.3, 0.4) is 0 Å². The second-order valence-corrected chi connectivity index (χ2v) is 10.6. The molecule has 1 aliphatic carbocycles. The summed E-state index contributed by atoms with van der Waals surface area (Å²) in [4.78, 5) is 27.2. The Balaban J connectivity index is 1.50. The van der Waals surface area contributed by atoms with Crippen LogP contribution in [-0.4, -0.2) is 30.9 Å². The Morgan fingerprint density at radius 2 is 1.97 bits per heavy atom. The van der Waals surface area contributed by atoms with Crippen LogP contribution in [0.1, 0.15) is 62.2 Å². The highest BCUT2D eigenvalue weighted by Gasteiger charge is 2.31. The molecule has 0 spiro atoms. The van der Waals surface area contributed by atoms with E-state index in [-0.39, 0.29) is 17.0 Å². The lowest BCUT2D eigenvalue weighted by molar-refractivity contribution is 0.549. The molecule has 6 rings (SSSR count). The minimum Gasteiger partial charge on any atom is -0.324 e. The molecular weight excluding hydrogens is 452 g/mol. The van der Waals surface area contributed by atoms with Gasteiger partial charge < -0.3 is 10.6 Å². The Kier molecular flexibility index (Phi) is 5.16. The van der Waals surface area contributed by atoms with Gasteiger partial charge in [-0.3, -0.25) is 4.79 Å². The lowest BCUT2D eigenvalue weighted by Crippen LogP contribution is -2.23. The van der Waals surface area contributed by atoms with Crippen molar-refractivity contribution < 1.29 is 0 Å². The first-order valence-electron chi connectivity index (χ1n) is 12.3. The Morgan fingerprint density at radius 1 is 1.14 bits per heavy atom. The molecule has 2 N–H and O–H groups in total. The van der Waals surface area contributed by atoms with E-state index in [1.54, 1.807) is 16.9 Å². The summed E-state index contributed by atoms with van der Waals surface area (Å²) in [7, 11) is 0. The van der Waals surface area contributed by atoms with Crippen LogP contribution < -0.4 is 16.2 Å². The number of pyridine rings is 1. The van der Waals surface area contributed by atoms with E-state index in [2.05, 4.69) is 59.6 Å². The predicted octanol–water partition coefficient (Wildman–Crippen LogP) is 3.87. The van der Waals surface area contributed by atoms with Gasteiger partial charge in [0.2, 0.25) is 5.95 Å². The summed E-state index contributed by atoms with van der Waals surface area (Å²) in [5.41, 5.74) is 5.46. The molecule has 0 amide bonds. The molecule has 36 heavy (non-hydrogen) atoms. The number of hydrogen-bond acceptors (Lipinski definition) is 7. The van der Waals surface area contributed by atoms with Crippen molar-refractivity contribution in [3.05, 3.63) is 69.4 Å². The summed E-state index contributed by atoms with van der Waals surface area (Å²) in [5.74, 6) is 0.420. The molecule has 1 aromatic carbocycles. The Morgan fingerprint density at radius 3 is 2.72 bits per heavy atom. The van der Waals surface area contributed by atoms with Gasteiger partial charge in [-0.2, -0.15) is 10.2 Å². The maximum absolute atomic E-state index is 13.4. The zero-order chi connectivity index (χ0) is 25.0. The van der Waals surface area contributed by atoms with Crippen LogP contribution in [0.15, 0.2) is 41.3 Å². The van der Waals surface area contributed by atoms with E-state index >= 15 is 0 Å². The quantitative estimate of drug-likeness (QED) is 0.456. The topological polar surface area (TPSA) is 113 Å². The van der Waals surface area contributed by atoms with E-state index < -0.39 is 0 Å². The van der Waals surface area contributed by atoms with Crippen molar-refractivity contribution in [3.63, 3.8) is 0 Å². The van der Waals surface area contributed by atoms with Crippen molar-refractivity contribution >= 4 is 22.7 Å². The summed E-state index contributed by atoms with van der Waals surface area (Å²) in [5, 5.41) is 16.8. The molecule has 9 heteroatoms. The fraction of sp³-hybridized carbons (Fsp3) is 0.370. The van der Waals surface area contributed by atoms with Crippen LogP contribution >= 0.6 is 0 Å². The van der Waals surface area contributed by atoms with Crippen molar-refractivity contribution in [2.24, 2.45) is 0 Å². The molecule has 0 bridgehead atoms. The molecule has 0 atom stereocenters. The van der Waals surface area contributed by atoms with E-state index in [0.717, 1.165) is 43.7 Å². The molecule has 182 valence electrons. The highest BCUT2D eigenvalue weighted by Crippen LogP contribution is 2.36. The van der Waals surface area contributed by atoms with Crippen molar-refractivity contribution in [3.8, 4) is 11.8 Å². The van der Waals surface area contributed by atoms with Crippen molar-refractivity contribution in [1.82, 2.24) is 29.6 Å². The Labute approximate surface area is 208 Å². The lowest BCUT2D eigenvalue weighted by Gasteiger charge is -2.20. The van der Waals surface area contributed by atoms with E-state index in [0.29, 0.717) is 28.4 Å². The van der Waals surface area contributed by atoms with E-state index in [4.69, 9.17) is 4.98 Å². The third kappa shape index (κ3) is 3.93. The zero-order valence-electron chi connectivity index (χ0n) is 20.7. The summed E-state index contributed by atoms with van der Waals surface area (Å²) < 4.78 is 3.61. The first kappa shape index (κ1) is 22.4. The summed E-state index contributed by atoms with van der Waals surface area (Å²) >= 11 is 0. The fourth-order valence-corrected chi connectivity index (χ4v) is 4.72. The highest BCUT2D eigenvalue weighted by atomic mass is 16.1. The molecule has 0 radical (unpaired) electrons. The second-order valence-electron chi connectivity index (χ2n) is 10.6. The van der Waals surface area contributed by atoms with Gasteiger partial charge in [-0.1, -0.05) is 26.8 Å². The maximum atomic E-state index is 13.4. The van der Waals surface area contributed by atoms with E-state index in [9.17, 15) is 10.1 Å². The van der Waals surface area contributed by atoms with Crippen molar-refractivity contribution in [2.75, 3.05) is 11.9 Å². The second kappa shape index (κ2) is 8.28. The van der Waals surface area contributed by atoms with Gasteiger partial charge in [0, 0.05) is 35.6 Å². The smallest absolute Gasteiger partial charge is 0.278 e. The molecule has 1 saturated carbocycles. The van der Waals surface area contributed by atoms with Gasteiger partial charge in [0.15, 0.2) is 5.65 Å². The number of nitriles is 1. The minimum atomic E-state index is -0.265. The van der Waals surface area contributed by atoms with Crippen LogP contribution in [0, 0.1) is 11.3 Å². The molecule has 3 aromatic heterocycles. The van der Waals surface area contributed by atoms with Gasteiger partial charge in [-0.25, -0.2) is 19.3 Å². The van der Waals surface area contributed by atoms with Crippen LogP contribution in [0.25, 0.3) is 16.7 Å². The first-order chi connectivity index (χ1) is 17.3. The number of anilines is 2. The number of nitrogens with zero attached hydrogens (tertiary/aromatic N) is 6. The zero-order valence-corrected chi connectivity index (χ0v) is 20.7. The average molecular weight is 481 g/mol. The molecule has 0 saturated heterocycles. The molecule has 1 aliphatic heterocycles. The van der Waals surface area contributed by atoms with Gasteiger partial charge >= 0.3 is 0 Å². The molecule has 0 unspecified atom stereocenters. The molecule has 9 nitrogen and oxygen atoms in total. The van der Waals surface area contributed by atoms with Gasteiger partial charge in [0.1, 0.15) is 17.1 Å². The Bertz CT molecular complexity index is 1600. The fourth-order valence-electron chi connectivity index (χ4n) is 4.72. The van der Waals surface area contributed by atoms with Crippen molar-refractivity contribution in [1.29, 1.82) is 5.26 Å². The molecular formula is C27H28N8O. The maximum Gasteiger partial charge on any atom is 0.278 e. The van der Waals surface area contributed by atoms with Gasteiger partial charge in [0.25, 0.3) is 5.56 Å². The first-order valence-corrected chi connectivity index (χ1v) is 12.3. The minimum absolute atomic E-state index is 0.106. The molecule has 4 aromatic rings. The number of hydrogen-bond donors (Lipinski definition) is 2. The molecule has 4 heterocycles. The summed E-state index contributed by atoms with van der Waals surface area (Å²) in [6.07, 6.45) is 4.44. The largest absolute Gasteiger partial charge is 0.324 e. The van der Waals surface area contributed by atoms with Gasteiger partial charge in [-0.05, 0) is 55.1 Å². The van der Waals surface area contributed by atoms with E-state index in [1.807, 2.05) is 16.8 Å². The summed E-state index contributed by atoms with van der Waals surface area (Å²) in [6.45, 7) is 8.02. The average Bonchev–Trinajstić information content (AvgIpc) is 3.67. The Hall–Kier alpha value is -4.03. The number of nitrogens with one attached hydrogen (secondary N) is 2. The summed E-state index contributed by atoms with van der Waals surface area (Å²) in [6, 6.07) is 12.2. The monoisotopic (exact) mass is 480 g/mol. The number of rotatable bonds is 4. The van der Waals surface area contributed by atoms with Crippen LogP contribution in [0.2, 0.25) is 0 Å². The number of aromatic nitrogens is 5.